The summed E-state index contributed by atoms with van der Waals surface area (Å²) >= 11 is 0. The van der Waals surface area contributed by atoms with Gasteiger partial charge in [-0.25, -0.2) is 9.37 Å². The van der Waals surface area contributed by atoms with Crippen LogP contribution in [0.5, 0.6) is 0 Å². The van der Waals surface area contributed by atoms with Gasteiger partial charge in [-0.1, -0.05) is 38.1 Å². The number of aromatic nitrogens is 2. The highest BCUT2D eigenvalue weighted by Gasteiger charge is 2.19. The number of rotatable bonds is 9. The molecule has 0 aliphatic rings. The first-order valence-corrected chi connectivity index (χ1v) is 10.7. The molecule has 0 saturated carbocycles. The molecule has 0 aliphatic heterocycles. The van der Waals surface area contributed by atoms with Crippen LogP contribution in [-0.4, -0.2) is 40.5 Å². The Morgan fingerprint density at radius 3 is 2.32 bits per heavy atom. The Morgan fingerprint density at radius 1 is 1.03 bits per heavy atom. The van der Waals surface area contributed by atoms with Crippen molar-refractivity contribution in [1.82, 2.24) is 14.5 Å². The highest BCUT2D eigenvalue weighted by Crippen LogP contribution is 2.16. The summed E-state index contributed by atoms with van der Waals surface area (Å²) in [6.07, 6.45) is 1.79. The van der Waals surface area contributed by atoms with E-state index in [0.29, 0.717) is 23.4 Å². The zero-order valence-electron chi connectivity index (χ0n) is 18.3. The fraction of sp³-hybridized carbons (Fsp3) is 0.375. The van der Waals surface area contributed by atoms with E-state index in [9.17, 15) is 14.0 Å². The monoisotopic (exact) mass is 424 g/mol. The molecule has 0 aliphatic carbocycles. The Bertz CT molecular complexity index is 1090. The molecule has 6 nitrogen and oxygen atoms in total. The van der Waals surface area contributed by atoms with Crippen LogP contribution in [0.4, 0.5) is 10.2 Å². The predicted octanol–water partition coefficient (Wildman–Crippen LogP) is 3.82. The second-order valence-electron chi connectivity index (χ2n) is 7.68. The van der Waals surface area contributed by atoms with Crippen molar-refractivity contribution in [2.24, 2.45) is 0 Å². The van der Waals surface area contributed by atoms with Crippen LogP contribution < -0.4 is 10.5 Å². The van der Waals surface area contributed by atoms with E-state index in [-0.39, 0.29) is 23.8 Å². The van der Waals surface area contributed by atoms with Crippen LogP contribution in [0, 0.1) is 5.82 Å². The summed E-state index contributed by atoms with van der Waals surface area (Å²) in [6.45, 7) is 5.84. The molecule has 1 aromatic heterocycles. The summed E-state index contributed by atoms with van der Waals surface area (Å²) in [7, 11) is 1.68. The van der Waals surface area contributed by atoms with E-state index in [4.69, 9.17) is 0 Å². The number of fused-ring (bicyclic) bond motifs is 1. The van der Waals surface area contributed by atoms with Crippen LogP contribution >= 0.6 is 0 Å². The van der Waals surface area contributed by atoms with Gasteiger partial charge in [0.25, 0.3) is 5.56 Å². The number of para-hydroxylation sites is 2. The molecule has 1 heterocycles. The van der Waals surface area contributed by atoms with Gasteiger partial charge in [-0.05, 0) is 42.7 Å². The minimum Gasteiger partial charge on any atom is -0.352 e. The minimum atomic E-state index is -0.316. The molecule has 7 heteroatoms. The van der Waals surface area contributed by atoms with Crippen LogP contribution in [0.25, 0.3) is 11.0 Å². The summed E-state index contributed by atoms with van der Waals surface area (Å²) in [6, 6.07) is 13.4. The number of halogens is 1. The van der Waals surface area contributed by atoms with Gasteiger partial charge in [-0.3, -0.25) is 14.2 Å². The molecule has 1 amide bonds. The lowest BCUT2D eigenvalue weighted by atomic mass is 10.2. The molecule has 0 unspecified atom stereocenters. The van der Waals surface area contributed by atoms with Crippen molar-refractivity contribution in [2.45, 2.75) is 39.8 Å². The topological polar surface area (TPSA) is 58.4 Å². The van der Waals surface area contributed by atoms with Crippen LogP contribution in [0.15, 0.2) is 53.3 Å². The maximum Gasteiger partial charge on any atom is 0.294 e. The van der Waals surface area contributed by atoms with Gasteiger partial charge in [0, 0.05) is 26.7 Å². The van der Waals surface area contributed by atoms with Crippen molar-refractivity contribution >= 4 is 22.8 Å². The number of hydrogen-bond acceptors (Lipinski definition) is 4. The lowest BCUT2D eigenvalue weighted by molar-refractivity contribution is -0.131. The van der Waals surface area contributed by atoms with Crippen molar-refractivity contribution in [1.29, 1.82) is 0 Å². The zero-order valence-corrected chi connectivity index (χ0v) is 18.3. The van der Waals surface area contributed by atoms with Crippen molar-refractivity contribution in [2.75, 3.05) is 25.0 Å². The van der Waals surface area contributed by atoms with E-state index >= 15 is 0 Å². The molecular formula is C24H29FN4O2. The van der Waals surface area contributed by atoms with Crippen LogP contribution in [0.2, 0.25) is 0 Å². The lowest BCUT2D eigenvalue weighted by Crippen LogP contribution is -2.38. The molecule has 0 fully saturated rings. The number of likely N-dealkylation sites (N-methyl/N-ethyl adjacent to an activating group) is 1. The van der Waals surface area contributed by atoms with Crippen molar-refractivity contribution in [3.8, 4) is 0 Å². The second kappa shape index (κ2) is 10.2. The highest BCUT2D eigenvalue weighted by molar-refractivity contribution is 5.81. The van der Waals surface area contributed by atoms with Gasteiger partial charge in [-0.15, -0.1) is 0 Å². The first-order chi connectivity index (χ1) is 14.9. The number of hydrogen-bond donors (Lipinski definition) is 0. The first-order valence-electron chi connectivity index (χ1n) is 10.7. The maximum atomic E-state index is 13.4. The molecule has 3 aromatic rings. The number of carbonyl (C=O) groups excluding carboxylic acids is 1. The molecule has 0 saturated heterocycles. The fourth-order valence-corrected chi connectivity index (χ4v) is 3.61. The molecule has 3 rings (SSSR count). The molecule has 0 radical (unpaired) electrons. The van der Waals surface area contributed by atoms with Gasteiger partial charge in [0.05, 0.1) is 11.0 Å². The van der Waals surface area contributed by atoms with E-state index in [2.05, 4.69) is 18.8 Å². The Morgan fingerprint density at radius 2 is 1.68 bits per heavy atom. The normalized spacial score (nSPS) is 11.0. The van der Waals surface area contributed by atoms with E-state index in [0.717, 1.165) is 31.5 Å². The molecule has 0 atom stereocenters. The van der Waals surface area contributed by atoms with Crippen LogP contribution in [-0.2, 0) is 17.9 Å². The number of amides is 1. The quantitative estimate of drug-likeness (QED) is 0.524. The SMILES string of the molecule is CCCN(CCC)c1nc2ccccc2n(CC(=O)N(C)Cc2ccc(F)cc2)c1=O. The number of carbonyl (C=O) groups is 1. The minimum absolute atomic E-state index is 0.0847. The van der Waals surface area contributed by atoms with Crippen molar-refractivity contribution in [3.63, 3.8) is 0 Å². The zero-order chi connectivity index (χ0) is 22.4. The third-order valence-electron chi connectivity index (χ3n) is 5.17. The Balaban J connectivity index is 1.94. The van der Waals surface area contributed by atoms with Gasteiger partial charge < -0.3 is 9.80 Å². The molecule has 0 N–H and O–H groups in total. The van der Waals surface area contributed by atoms with E-state index in [1.54, 1.807) is 24.1 Å². The molecule has 164 valence electrons. The number of benzene rings is 2. The summed E-state index contributed by atoms with van der Waals surface area (Å²) < 4.78 is 14.7. The van der Waals surface area contributed by atoms with E-state index < -0.39 is 0 Å². The van der Waals surface area contributed by atoms with Crippen LogP contribution in [0.3, 0.4) is 0 Å². The summed E-state index contributed by atoms with van der Waals surface area (Å²) in [5, 5.41) is 0. The largest absolute Gasteiger partial charge is 0.352 e. The van der Waals surface area contributed by atoms with Gasteiger partial charge in [-0.2, -0.15) is 0 Å². The molecule has 2 aromatic carbocycles. The third kappa shape index (κ3) is 5.29. The average Bonchev–Trinajstić information content (AvgIpc) is 2.76. The second-order valence-corrected chi connectivity index (χ2v) is 7.68. The first kappa shape index (κ1) is 22.5. The van der Waals surface area contributed by atoms with Crippen LogP contribution in [0.1, 0.15) is 32.3 Å². The highest BCUT2D eigenvalue weighted by atomic mass is 19.1. The Labute approximate surface area is 181 Å². The Hall–Kier alpha value is -3.22. The third-order valence-corrected chi connectivity index (χ3v) is 5.17. The molecule has 0 bridgehead atoms. The van der Waals surface area contributed by atoms with Crippen molar-refractivity contribution in [3.05, 3.63) is 70.3 Å². The fourth-order valence-electron chi connectivity index (χ4n) is 3.61. The van der Waals surface area contributed by atoms with Crippen molar-refractivity contribution < 1.29 is 9.18 Å². The smallest absolute Gasteiger partial charge is 0.294 e. The van der Waals surface area contributed by atoms with Gasteiger partial charge >= 0.3 is 0 Å². The molecular weight excluding hydrogens is 395 g/mol. The van der Waals surface area contributed by atoms with E-state index in [1.165, 1.54) is 16.7 Å². The van der Waals surface area contributed by atoms with Gasteiger partial charge in [0.15, 0.2) is 5.82 Å². The maximum absolute atomic E-state index is 13.4. The molecule has 0 spiro atoms. The average molecular weight is 425 g/mol. The van der Waals surface area contributed by atoms with Gasteiger partial charge in [0.1, 0.15) is 12.4 Å². The van der Waals surface area contributed by atoms with Gasteiger partial charge in [0.2, 0.25) is 5.91 Å². The summed E-state index contributed by atoms with van der Waals surface area (Å²) in [5.74, 6) is -0.133. The summed E-state index contributed by atoms with van der Waals surface area (Å²) in [5.41, 5.74) is 1.88. The van der Waals surface area contributed by atoms with E-state index in [1.807, 2.05) is 29.2 Å². The number of anilines is 1. The standard InChI is InChI=1S/C24H29FN4O2/c1-4-14-28(15-5-2)23-24(31)29(21-9-7-6-8-20(21)26-23)17-22(30)27(3)16-18-10-12-19(25)13-11-18/h6-13H,4-5,14-17H2,1-3H3. The number of nitrogens with zero attached hydrogens (tertiary/aromatic N) is 4. The summed E-state index contributed by atoms with van der Waals surface area (Å²) in [4.78, 5) is 34.5. The lowest BCUT2D eigenvalue weighted by Gasteiger charge is -2.24. The molecule has 31 heavy (non-hydrogen) atoms. The Kier molecular flexibility index (Phi) is 7.39. The predicted molar refractivity (Wildman–Crippen MR) is 122 cm³/mol.